The van der Waals surface area contributed by atoms with Gasteiger partial charge in [-0.25, -0.2) is 13.4 Å². The zero-order valence-corrected chi connectivity index (χ0v) is 14.0. The number of benzene rings is 1. The first-order chi connectivity index (χ1) is 9.93. The summed E-state index contributed by atoms with van der Waals surface area (Å²) >= 11 is 6.64. The molecule has 2 rings (SSSR count). The van der Waals surface area contributed by atoms with Gasteiger partial charge in [-0.2, -0.15) is 4.31 Å². The van der Waals surface area contributed by atoms with Crippen LogP contribution in [0, 0.1) is 0 Å². The fraction of sp³-hybridized carbons (Fsp3) is 0.308. The summed E-state index contributed by atoms with van der Waals surface area (Å²) in [5, 5.41) is 0. The normalized spacial score (nSPS) is 11.8. The molecule has 1 heterocycles. The lowest BCUT2D eigenvalue weighted by atomic mass is 10.2. The number of halogens is 1. The lowest BCUT2D eigenvalue weighted by Gasteiger charge is -2.16. The van der Waals surface area contributed by atoms with Crippen LogP contribution in [0.5, 0.6) is 5.75 Å². The number of thiazole rings is 1. The maximum atomic E-state index is 12.3. The van der Waals surface area contributed by atoms with Crippen LogP contribution < -0.4 is 4.74 Å². The Hall–Kier alpha value is -1.15. The first-order valence-corrected chi connectivity index (χ1v) is 8.86. The molecule has 0 aliphatic heterocycles. The van der Waals surface area contributed by atoms with Gasteiger partial charge in [-0.1, -0.05) is 35.1 Å². The second-order valence-corrected chi connectivity index (χ2v) is 8.15. The van der Waals surface area contributed by atoms with Crippen LogP contribution in [0.3, 0.4) is 0 Å². The summed E-state index contributed by atoms with van der Waals surface area (Å²) in [4.78, 5) is 3.77. The lowest BCUT2D eigenvalue weighted by Crippen LogP contribution is -2.25. The van der Waals surface area contributed by atoms with Crippen LogP contribution in [0.25, 0.3) is 0 Å². The minimum Gasteiger partial charge on any atom is -0.494 e. The molecule has 0 saturated carbocycles. The maximum Gasteiger partial charge on any atom is 0.254 e. The third-order valence-corrected chi connectivity index (χ3v) is 6.12. The lowest BCUT2D eigenvalue weighted by molar-refractivity contribution is 0.340. The summed E-state index contributed by atoms with van der Waals surface area (Å²) in [5.41, 5.74) is 0.875. The van der Waals surface area contributed by atoms with Crippen molar-refractivity contribution in [2.24, 2.45) is 0 Å². The standard InChI is InChI=1S/C13H15ClN2O3S2/c1-3-19-11-6-4-10(5-7-11)9-16(2)21(17,18)12-8-15-13(14)20-12/h4-8H,3,9H2,1-2H3. The van der Waals surface area contributed by atoms with Crippen molar-refractivity contribution in [3.8, 4) is 5.75 Å². The number of rotatable bonds is 6. The van der Waals surface area contributed by atoms with Crippen LogP contribution in [0.2, 0.25) is 4.47 Å². The minimum absolute atomic E-state index is 0.140. The van der Waals surface area contributed by atoms with Gasteiger partial charge in [0.25, 0.3) is 10.0 Å². The Bertz CT molecular complexity index is 698. The summed E-state index contributed by atoms with van der Waals surface area (Å²) in [6.07, 6.45) is 1.27. The van der Waals surface area contributed by atoms with Gasteiger partial charge in [0, 0.05) is 13.6 Å². The third kappa shape index (κ3) is 3.94. The molecule has 114 valence electrons. The van der Waals surface area contributed by atoms with Gasteiger partial charge in [-0.15, -0.1) is 0 Å². The first-order valence-electron chi connectivity index (χ1n) is 6.23. The van der Waals surface area contributed by atoms with E-state index in [1.54, 1.807) is 0 Å². The average molecular weight is 347 g/mol. The molecule has 0 spiro atoms. The Morgan fingerprint density at radius 1 is 1.33 bits per heavy atom. The molecule has 0 radical (unpaired) electrons. The molecule has 0 atom stereocenters. The van der Waals surface area contributed by atoms with E-state index in [4.69, 9.17) is 16.3 Å². The zero-order chi connectivity index (χ0) is 15.5. The second kappa shape index (κ2) is 6.74. The predicted octanol–water partition coefficient (Wildman–Crippen LogP) is 3.02. The number of nitrogens with zero attached hydrogens (tertiary/aromatic N) is 2. The van der Waals surface area contributed by atoms with Crippen LogP contribution in [0.4, 0.5) is 0 Å². The van der Waals surface area contributed by atoms with Crippen molar-refractivity contribution >= 4 is 33.0 Å². The number of hydrogen-bond donors (Lipinski definition) is 0. The van der Waals surface area contributed by atoms with E-state index in [0.29, 0.717) is 6.61 Å². The molecule has 21 heavy (non-hydrogen) atoms. The molecule has 0 aliphatic carbocycles. The highest BCUT2D eigenvalue weighted by molar-refractivity contribution is 7.91. The summed E-state index contributed by atoms with van der Waals surface area (Å²) < 4.78 is 31.6. The minimum atomic E-state index is -3.56. The van der Waals surface area contributed by atoms with E-state index >= 15 is 0 Å². The molecule has 1 aromatic carbocycles. The highest BCUT2D eigenvalue weighted by Gasteiger charge is 2.23. The molecule has 0 unspecified atom stereocenters. The maximum absolute atomic E-state index is 12.3. The molecule has 0 fully saturated rings. The number of ether oxygens (including phenoxy) is 1. The van der Waals surface area contributed by atoms with Gasteiger partial charge in [0.05, 0.1) is 12.8 Å². The van der Waals surface area contributed by atoms with E-state index < -0.39 is 10.0 Å². The van der Waals surface area contributed by atoms with E-state index in [1.807, 2.05) is 31.2 Å². The molecule has 2 aromatic rings. The smallest absolute Gasteiger partial charge is 0.254 e. The van der Waals surface area contributed by atoms with Crippen LogP contribution in [-0.4, -0.2) is 31.4 Å². The zero-order valence-electron chi connectivity index (χ0n) is 11.6. The van der Waals surface area contributed by atoms with E-state index in [9.17, 15) is 8.42 Å². The summed E-state index contributed by atoms with van der Waals surface area (Å²) in [5.74, 6) is 0.765. The molecule has 1 aromatic heterocycles. The monoisotopic (exact) mass is 346 g/mol. The van der Waals surface area contributed by atoms with Crippen molar-refractivity contribution in [1.82, 2.24) is 9.29 Å². The Morgan fingerprint density at radius 2 is 2.00 bits per heavy atom. The van der Waals surface area contributed by atoms with E-state index in [0.717, 1.165) is 22.6 Å². The van der Waals surface area contributed by atoms with E-state index in [-0.39, 0.29) is 15.2 Å². The molecule has 0 bridgehead atoms. The van der Waals surface area contributed by atoms with Gasteiger partial charge in [0.15, 0.2) is 8.68 Å². The van der Waals surface area contributed by atoms with Gasteiger partial charge in [0.2, 0.25) is 0 Å². The molecule has 5 nitrogen and oxygen atoms in total. The molecule has 0 N–H and O–H groups in total. The van der Waals surface area contributed by atoms with Gasteiger partial charge in [-0.05, 0) is 24.6 Å². The first kappa shape index (κ1) is 16.2. The Kier molecular flexibility index (Phi) is 5.21. The molecule has 0 aliphatic rings. The summed E-state index contributed by atoms with van der Waals surface area (Å²) in [7, 11) is -2.04. The van der Waals surface area contributed by atoms with Gasteiger partial charge in [-0.3, -0.25) is 0 Å². The van der Waals surface area contributed by atoms with Crippen LogP contribution in [-0.2, 0) is 16.6 Å². The van der Waals surface area contributed by atoms with Gasteiger partial charge in [0.1, 0.15) is 5.75 Å². The molecule has 0 amide bonds. The summed E-state index contributed by atoms with van der Waals surface area (Å²) in [6, 6.07) is 7.33. The van der Waals surface area contributed by atoms with Gasteiger partial charge < -0.3 is 4.74 Å². The highest BCUT2D eigenvalue weighted by Crippen LogP contribution is 2.26. The van der Waals surface area contributed by atoms with Crippen LogP contribution >= 0.6 is 22.9 Å². The van der Waals surface area contributed by atoms with Crippen molar-refractivity contribution in [2.45, 2.75) is 17.7 Å². The molecule has 8 heteroatoms. The number of hydrogen-bond acceptors (Lipinski definition) is 5. The number of aromatic nitrogens is 1. The average Bonchev–Trinajstić information content (AvgIpc) is 2.88. The summed E-state index contributed by atoms with van der Waals surface area (Å²) in [6.45, 7) is 2.78. The van der Waals surface area contributed by atoms with Crippen LogP contribution in [0.1, 0.15) is 12.5 Å². The fourth-order valence-corrected chi connectivity index (χ4v) is 4.38. The molecular formula is C13H15ClN2O3S2. The molecule has 0 saturated heterocycles. The number of sulfonamides is 1. The second-order valence-electron chi connectivity index (χ2n) is 4.27. The van der Waals surface area contributed by atoms with Crippen molar-refractivity contribution in [2.75, 3.05) is 13.7 Å². The van der Waals surface area contributed by atoms with Crippen molar-refractivity contribution < 1.29 is 13.2 Å². The highest BCUT2D eigenvalue weighted by atomic mass is 35.5. The third-order valence-electron chi connectivity index (χ3n) is 2.76. The SMILES string of the molecule is CCOc1ccc(CN(C)S(=O)(=O)c2cnc(Cl)s2)cc1. The molecular weight excluding hydrogens is 332 g/mol. The topological polar surface area (TPSA) is 59.5 Å². The Morgan fingerprint density at radius 3 is 2.52 bits per heavy atom. The van der Waals surface area contributed by atoms with E-state index in [1.165, 1.54) is 17.5 Å². The predicted molar refractivity (Wildman–Crippen MR) is 83.4 cm³/mol. The largest absolute Gasteiger partial charge is 0.494 e. The van der Waals surface area contributed by atoms with Crippen molar-refractivity contribution in [1.29, 1.82) is 0 Å². The quantitative estimate of drug-likeness (QED) is 0.806. The fourth-order valence-electron chi connectivity index (χ4n) is 1.71. The van der Waals surface area contributed by atoms with Crippen molar-refractivity contribution in [3.63, 3.8) is 0 Å². The van der Waals surface area contributed by atoms with Crippen LogP contribution in [0.15, 0.2) is 34.7 Å². The Balaban J connectivity index is 2.11. The Labute approximate surface area is 133 Å². The van der Waals surface area contributed by atoms with Crippen molar-refractivity contribution in [3.05, 3.63) is 40.5 Å². The van der Waals surface area contributed by atoms with Gasteiger partial charge >= 0.3 is 0 Å². The van der Waals surface area contributed by atoms with E-state index in [2.05, 4.69) is 4.98 Å².